The van der Waals surface area contributed by atoms with Gasteiger partial charge in [0.1, 0.15) is 0 Å². The van der Waals surface area contributed by atoms with Gasteiger partial charge in [-0.15, -0.1) is 22.7 Å². The summed E-state index contributed by atoms with van der Waals surface area (Å²) in [5.74, 6) is 0.741. The molecule has 0 saturated heterocycles. The molecule has 3 aromatic heterocycles. The Balaban J connectivity index is 1.15. The van der Waals surface area contributed by atoms with Crippen LogP contribution in [0.2, 0.25) is 0 Å². The zero-order valence-corrected chi connectivity index (χ0v) is 28.4. The van der Waals surface area contributed by atoms with E-state index in [2.05, 4.69) is 158 Å². The Morgan fingerprint density at radius 3 is 1.66 bits per heavy atom. The van der Waals surface area contributed by atoms with Crippen LogP contribution in [0.3, 0.4) is 0 Å². The fourth-order valence-corrected chi connectivity index (χ4v) is 10.2. The van der Waals surface area contributed by atoms with Gasteiger partial charge in [0.25, 0.3) is 0 Å². The van der Waals surface area contributed by atoms with Gasteiger partial charge in [-0.2, -0.15) is 0 Å². The molecule has 0 bridgehead atoms. The van der Waals surface area contributed by atoms with Crippen LogP contribution in [0.25, 0.3) is 107 Å². The van der Waals surface area contributed by atoms with E-state index in [1.807, 2.05) is 11.3 Å². The molecule has 0 fully saturated rings. The molecule has 0 amide bonds. The van der Waals surface area contributed by atoms with Crippen LogP contribution in [0.15, 0.2) is 158 Å². The number of benzene rings is 8. The van der Waals surface area contributed by atoms with Crippen molar-refractivity contribution >= 4 is 95.5 Å². The maximum Gasteiger partial charge on any atom is 0.160 e. The van der Waals surface area contributed by atoms with E-state index in [0.29, 0.717) is 0 Å². The van der Waals surface area contributed by atoms with Gasteiger partial charge in [-0.1, -0.05) is 133 Å². The molecule has 0 aliphatic rings. The maximum absolute atomic E-state index is 5.42. The molecule has 8 aromatic carbocycles. The van der Waals surface area contributed by atoms with Gasteiger partial charge < -0.3 is 0 Å². The Kier molecular flexibility index (Phi) is 6.03. The second-order valence-electron chi connectivity index (χ2n) is 12.9. The van der Waals surface area contributed by atoms with E-state index in [9.17, 15) is 0 Å². The molecule has 4 heteroatoms. The van der Waals surface area contributed by atoms with Crippen LogP contribution in [0.4, 0.5) is 0 Å². The molecule has 0 aliphatic heterocycles. The van der Waals surface area contributed by atoms with Gasteiger partial charge in [0.05, 0.1) is 15.9 Å². The first kappa shape index (κ1) is 28.0. The first-order valence-corrected chi connectivity index (χ1v) is 18.5. The molecule has 2 nitrogen and oxygen atoms in total. The molecular weight excluding hydrogens is 645 g/mol. The monoisotopic (exact) mass is 670 g/mol. The highest BCUT2D eigenvalue weighted by molar-refractivity contribution is 7.26. The Morgan fingerprint density at radius 2 is 0.900 bits per heavy atom. The molecule has 0 unspecified atom stereocenters. The normalized spacial score (nSPS) is 12.0. The van der Waals surface area contributed by atoms with E-state index in [-0.39, 0.29) is 0 Å². The molecule has 0 radical (unpaired) electrons. The molecule has 50 heavy (non-hydrogen) atoms. The lowest BCUT2D eigenvalue weighted by molar-refractivity contribution is 1.24. The van der Waals surface area contributed by atoms with Crippen molar-refractivity contribution in [1.29, 1.82) is 0 Å². The van der Waals surface area contributed by atoms with Gasteiger partial charge in [-0.3, -0.25) is 0 Å². The fourth-order valence-electron chi connectivity index (χ4n) is 7.77. The summed E-state index contributed by atoms with van der Waals surface area (Å²) in [4.78, 5) is 10.7. The fraction of sp³-hybridized carbons (Fsp3) is 0. The van der Waals surface area contributed by atoms with Gasteiger partial charge in [0, 0.05) is 41.4 Å². The highest BCUT2D eigenvalue weighted by Gasteiger charge is 2.19. The van der Waals surface area contributed by atoms with Gasteiger partial charge in [-0.25, -0.2) is 9.97 Å². The lowest BCUT2D eigenvalue weighted by atomic mass is 9.93. The summed E-state index contributed by atoms with van der Waals surface area (Å²) in [5, 5.41) is 11.4. The second-order valence-corrected chi connectivity index (χ2v) is 15.0. The van der Waals surface area contributed by atoms with Crippen molar-refractivity contribution in [3.8, 4) is 33.8 Å². The van der Waals surface area contributed by atoms with Gasteiger partial charge in [0.15, 0.2) is 5.82 Å². The molecule has 0 atom stereocenters. The average Bonchev–Trinajstić information content (AvgIpc) is 3.76. The molecule has 0 N–H and O–H groups in total. The number of hydrogen-bond acceptors (Lipinski definition) is 4. The van der Waals surface area contributed by atoms with Gasteiger partial charge >= 0.3 is 0 Å². The average molecular weight is 671 g/mol. The Labute approximate surface area is 295 Å². The van der Waals surface area contributed by atoms with E-state index in [1.165, 1.54) is 73.7 Å². The van der Waals surface area contributed by atoms with Crippen molar-refractivity contribution < 1.29 is 0 Å². The van der Waals surface area contributed by atoms with Crippen LogP contribution in [0, 0.1) is 0 Å². The van der Waals surface area contributed by atoms with Gasteiger partial charge in [-0.05, 0) is 67.7 Å². The van der Waals surface area contributed by atoms with E-state index >= 15 is 0 Å². The predicted molar refractivity (Wildman–Crippen MR) is 217 cm³/mol. The Bertz CT molecular complexity index is 3130. The number of thiophene rings is 2. The molecule has 3 heterocycles. The lowest BCUT2D eigenvalue weighted by Gasteiger charge is -2.13. The molecule has 11 aromatic rings. The second kappa shape index (κ2) is 10.8. The molecule has 0 spiro atoms. The van der Waals surface area contributed by atoms with Crippen molar-refractivity contribution in [2.24, 2.45) is 0 Å². The van der Waals surface area contributed by atoms with Crippen LogP contribution in [0.1, 0.15) is 0 Å². The summed E-state index contributed by atoms with van der Waals surface area (Å²) in [5.41, 5.74) is 6.50. The van der Waals surface area contributed by atoms with Crippen LogP contribution in [0.5, 0.6) is 0 Å². The number of nitrogens with zero attached hydrogens (tertiary/aromatic N) is 2. The van der Waals surface area contributed by atoms with Crippen molar-refractivity contribution in [2.45, 2.75) is 0 Å². The van der Waals surface area contributed by atoms with E-state index < -0.39 is 0 Å². The lowest BCUT2D eigenvalue weighted by Crippen LogP contribution is -1.94. The quantitative estimate of drug-likeness (QED) is 0.175. The smallest absolute Gasteiger partial charge is 0.160 e. The first-order valence-electron chi connectivity index (χ1n) is 16.8. The van der Waals surface area contributed by atoms with E-state index in [0.717, 1.165) is 32.9 Å². The predicted octanol–water partition coefficient (Wildman–Crippen LogP) is 13.7. The highest BCUT2D eigenvalue weighted by Crippen LogP contribution is 2.43. The third kappa shape index (κ3) is 4.13. The summed E-state index contributed by atoms with van der Waals surface area (Å²) < 4.78 is 4.95. The molecule has 0 saturated carbocycles. The summed E-state index contributed by atoms with van der Waals surface area (Å²) >= 11 is 3.64. The molecule has 11 rings (SSSR count). The zero-order chi connectivity index (χ0) is 32.8. The summed E-state index contributed by atoms with van der Waals surface area (Å²) in [6.45, 7) is 0. The number of rotatable bonds is 3. The number of fused-ring (bicyclic) bond motifs is 12. The maximum atomic E-state index is 5.42. The van der Waals surface area contributed by atoms with E-state index in [1.54, 1.807) is 11.3 Å². The topological polar surface area (TPSA) is 25.8 Å². The Morgan fingerprint density at radius 1 is 0.340 bits per heavy atom. The SMILES string of the molecule is c1cc(-c2nc(-c3ccc4c5ccccc5c5ccccc5c4c3)c3sc4ccccc4c3n2)cc(-c2cccc3c2sc2ccccc23)c1. The van der Waals surface area contributed by atoms with Crippen molar-refractivity contribution in [1.82, 2.24) is 9.97 Å². The van der Waals surface area contributed by atoms with Crippen molar-refractivity contribution in [2.75, 3.05) is 0 Å². The highest BCUT2D eigenvalue weighted by atomic mass is 32.1. The number of hydrogen-bond donors (Lipinski definition) is 0. The zero-order valence-electron chi connectivity index (χ0n) is 26.7. The number of aromatic nitrogens is 2. The largest absolute Gasteiger partial charge is 0.226 e. The standard InChI is InChI=1S/C46H26N2S2/c1-2-15-33-31(13-1)32-14-3-4-16-34(32)39-26-28(23-24-35(33)39)42-45-43(38-18-6-8-22-41(38)50-45)48-46(47-42)29-12-9-11-27(25-29)30-19-10-20-37-36-17-5-7-21-40(36)49-44(30)37/h1-26H. The summed E-state index contributed by atoms with van der Waals surface area (Å²) in [7, 11) is 0. The van der Waals surface area contributed by atoms with Crippen LogP contribution in [-0.2, 0) is 0 Å². The van der Waals surface area contributed by atoms with E-state index in [4.69, 9.17) is 9.97 Å². The molecule has 232 valence electrons. The van der Waals surface area contributed by atoms with Crippen molar-refractivity contribution in [3.63, 3.8) is 0 Å². The van der Waals surface area contributed by atoms with Gasteiger partial charge in [0.2, 0.25) is 0 Å². The van der Waals surface area contributed by atoms with Crippen molar-refractivity contribution in [3.05, 3.63) is 158 Å². The minimum Gasteiger partial charge on any atom is -0.226 e. The summed E-state index contributed by atoms with van der Waals surface area (Å²) in [6.07, 6.45) is 0. The molecular formula is C46H26N2S2. The minimum absolute atomic E-state index is 0.741. The molecule has 0 aliphatic carbocycles. The van der Waals surface area contributed by atoms with Crippen LogP contribution in [-0.4, -0.2) is 9.97 Å². The third-order valence-electron chi connectivity index (χ3n) is 10.1. The first-order chi connectivity index (χ1) is 24.8. The summed E-state index contributed by atoms with van der Waals surface area (Å²) in [6, 6.07) is 57.1. The van der Waals surface area contributed by atoms with Crippen LogP contribution < -0.4 is 0 Å². The third-order valence-corrected chi connectivity index (χ3v) is 12.5. The van der Waals surface area contributed by atoms with Crippen LogP contribution >= 0.6 is 22.7 Å². The minimum atomic E-state index is 0.741. The Hall–Kier alpha value is -5.94.